The monoisotopic (exact) mass is 224 g/mol. The molecule has 1 aromatic rings. The number of ketones is 1. The van der Waals surface area contributed by atoms with E-state index in [1.807, 2.05) is 22.5 Å². The van der Waals surface area contributed by atoms with Gasteiger partial charge in [-0.3, -0.25) is 4.79 Å². The van der Waals surface area contributed by atoms with Crippen LogP contribution in [0, 0.1) is 5.92 Å². The average Bonchev–Trinajstić information content (AvgIpc) is 2.87. The summed E-state index contributed by atoms with van der Waals surface area (Å²) in [5, 5.41) is 0. The van der Waals surface area contributed by atoms with Crippen LogP contribution in [0.5, 0.6) is 0 Å². The van der Waals surface area contributed by atoms with Gasteiger partial charge >= 0.3 is 0 Å². The van der Waals surface area contributed by atoms with Crippen molar-refractivity contribution in [1.82, 2.24) is 9.55 Å². The molecule has 0 bridgehead atoms. The highest BCUT2D eigenvalue weighted by Gasteiger charge is 2.26. The zero-order chi connectivity index (χ0) is 10.7. The fourth-order valence-corrected chi connectivity index (χ4v) is 3.10. The smallest absolute Gasteiger partial charge is 0.202 e. The largest absolute Gasteiger partial charge is 0.329 e. The Morgan fingerprint density at radius 1 is 1.73 bits per heavy atom. The molecule has 0 aliphatic carbocycles. The van der Waals surface area contributed by atoms with Gasteiger partial charge in [-0.25, -0.2) is 4.98 Å². The van der Waals surface area contributed by atoms with E-state index in [0.717, 1.165) is 30.9 Å². The Morgan fingerprint density at radius 2 is 2.60 bits per heavy atom. The van der Waals surface area contributed by atoms with Crippen LogP contribution in [-0.2, 0) is 6.54 Å². The molecule has 0 radical (unpaired) electrons. The Bertz CT molecular complexity index is 342. The molecule has 2 rings (SSSR count). The summed E-state index contributed by atoms with van der Waals surface area (Å²) in [6.07, 6.45) is 5.68. The number of nitrogens with zero attached hydrogens (tertiary/aromatic N) is 2. The van der Waals surface area contributed by atoms with Gasteiger partial charge in [-0.2, -0.15) is 11.8 Å². The normalized spacial score (nSPS) is 20.7. The summed E-state index contributed by atoms with van der Waals surface area (Å²) >= 11 is 1.87. The second-order valence-electron chi connectivity index (χ2n) is 3.87. The van der Waals surface area contributed by atoms with Crippen LogP contribution >= 0.6 is 11.8 Å². The Labute approximate surface area is 94.3 Å². The molecule has 4 heteroatoms. The van der Waals surface area contributed by atoms with E-state index >= 15 is 0 Å². The fraction of sp³-hybridized carbons (Fsp3) is 0.636. The van der Waals surface area contributed by atoms with Crippen LogP contribution < -0.4 is 0 Å². The van der Waals surface area contributed by atoms with Gasteiger partial charge in [-0.05, 0) is 18.6 Å². The molecular formula is C11H16N2OS. The second-order valence-corrected chi connectivity index (χ2v) is 5.02. The van der Waals surface area contributed by atoms with Crippen molar-refractivity contribution in [3.05, 3.63) is 18.2 Å². The lowest BCUT2D eigenvalue weighted by Gasteiger charge is -2.08. The van der Waals surface area contributed by atoms with Gasteiger partial charge in [0, 0.05) is 30.6 Å². The third-order valence-electron chi connectivity index (χ3n) is 2.70. The Balaban J connectivity index is 2.13. The number of aromatic nitrogens is 2. The highest BCUT2D eigenvalue weighted by molar-refractivity contribution is 7.99. The first-order valence-electron chi connectivity index (χ1n) is 5.46. The Kier molecular flexibility index (Phi) is 3.46. The number of hydrogen-bond acceptors (Lipinski definition) is 3. The van der Waals surface area contributed by atoms with E-state index in [0.29, 0.717) is 5.82 Å². The third-order valence-corrected chi connectivity index (χ3v) is 3.86. The summed E-state index contributed by atoms with van der Waals surface area (Å²) < 4.78 is 1.98. The molecule has 1 unspecified atom stereocenters. The van der Waals surface area contributed by atoms with Crippen molar-refractivity contribution in [3.8, 4) is 0 Å². The predicted molar refractivity (Wildman–Crippen MR) is 62.3 cm³/mol. The van der Waals surface area contributed by atoms with Gasteiger partial charge in [0.05, 0.1) is 0 Å². The zero-order valence-corrected chi connectivity index (χ0v) is 9.80. The first-order valence-corrected chi connectivity index (χ1v) is 6.61. The molecule has 1 aliphatic rings. The number of aryl methyl sites for hydroxylation is 1. The van der Waals surface area contributed by atoms with Crippen molar-refractivity contribution in [3.63, 3.8) is 0 Å². The van der Waals surface area contributed by atoms with E-state index in [4.69, 9.17) is 0 Å². The minimum Gasteiger partial charge on any atom is -0.329 e. The average molecular weight is 224 g/mol. The van der Waals surface area contributed by atoms with Gasteiger partial charge in [0.15, 0.2) is 5.82 Å². The lowest BCUT2D eigenvalue weighted by Crippen LogP contribution is -2.19. The van der Waals surface area contributed by atoms with Gasteiger partial charge in [0.1, 0.15) is 0 Å². The minimum absolute atomic E-state index is 0.202. The molecule has 15 heavy (non-hydrogen) atoms. The van der Waals surface area contributed by atoms with Gasteiger partial charge in [0.2, 0.25) is 5.78 Å². The van der Waals surface area contributed by atoms with Crippen molar-refractivity contribution in [1.29, 1.82) is 0 Å². The van der Waals surface area contributed by atoms with Crippen LogP contribution in [0.25, 0.3) is 0 Å². The van der Waals surface area contributed by atoms with Gasteiger partial charge in [-0.15, -0.1) is 0 Å². The number of hydrogen-bond donors (Lipinski definition) is 0. The maximum Gasteiger partial charge on any atom is 0.202 e. The summed E-state index contributed by atoms with van der Waals surface area (Å²) in [4.78, 5) is 16.3. The molecule has 1 fully saturated rings. The molecule has 0 spiro atoms. The number of carbonyl (C=O) groups excluding carboxylic acids is 1. The fourth-order valence-electron chi connectivity index (χ4n) is 1.88. The summed E-state index contributed by atoms with van der Waals surface area (Å²) in [5.41, 5.74) is 0. The van der Waals surface area contributed by atoms with E-state index in [1.165, 1.54) is 0 Å². The van der Waals surface area contributed by atoms with E-state index in [2.05, 4.69) is 11.9 Å². The molecule has 1 atom stereocenters. The number of carbonyl (C=O) groups is 1. The molecule has 0 aromatic carbocycles. The number of imidazole rings is 1. The Morgan fingerprint density at radius 3 is 3.27 bits per heavy atom. The van der Waals surface area contributed by atoms with Crippen LogP contribution in [0.3, 0.4) is 0 Å². The van der Waals surface area contributed by atoms with Crippen LogP contribution in [0.4, 0.5) is 0 Å². The van der Waals surface area contributed by atoms with E-state index in [-0.39, 0.29) is 11.7 Å². The summed E-state index contributed by atoms with van der Waals surface area (Å²) in [6.45, 7) is 3.00. The predicted octanol–water partition coefficient (Wildman–Crippen LogP) is 2.23. The molecule has 2 heterocycles. The van der Waals surface area contributed by atoms with Crippen LogP contribution in [0.1, 0.15) is 30.4 Å². The summed E-state index contributed by atoms with van der Waals surface area (Å²) in [5.74, 6) is 3.18. The lowest BCUT2D eigenvalue weighted by atomic mass is 10.0. The first kappa shape index (κ1) is 10.7. The molecule has 0 saturated carbocycles. The van der Waals surface area contributed by atoms with Crippen LogP contribution in [-0.4, -0.2) is 26.8 Å². The van der Waals surface area contributed by atoms with E-state index < -0.39 is 0 Å². The highest BCUT2D eigenvalue weighted by atomic mass is 32.2. The van der Waals surface area contributed by atoms with Crippen molar-refractivity contribution in [2.45, 2.75) is 26.3 Å². The second kappa shape index (κ2) is 4.84. The molecule has 1 saturated heterocycles. The summed E-state index contributed by atoms with van der Waals surface area (Å²) in [7, 11) is 0. The van der Waals surface area contributed by atoms with Gasteiger partial charge in [-0.1, -0.05) is 6.92 Å². The number of Topliss-reactive ketones (excluding diaryl/α,β-unsaturated/α-hetero) is 1. The molecule has 82 valence electrons. The van der Waals surface area contributed by atoms with E-state index in [1.54, 1.807) is 6.20 Å². The Hall–Kier alpha value is -0.770. The van der Waals surface area contributed by atoms with Gasteiger partial charge < -0.3 is 4.57 Å². The molecule has 0 N–H and O–H groups in total. The number of thioether (sulfide) groups is 1. The van der Waals surface area contributed by atoms with Crippen molar-refractivity contribution < 1.29 is 4.79 Å². The molecule has 3 nitrogen and oxygen atoms in total. The molecular weight excluding hydrogens is 208 g/mol. The standard InChI is InChI=1S/C11H16N2OS/c1-2-5-13-6-4-12-11(13)10(14)9-3-7-15-8-9/h4,6,9H,2-3,5,7-8H2,1H3. The quantitative estimate of drug-likeness (QED) is 0.736. The zero-order valence-electron chi connectivity index (χ0n) is 8.98. The lowest BCUT2D eigenvalue weighted by molar-refractivity contribution is 0.0918. The summed E-state index contributed by atoms with van der Waals surface area (Å²) in [6, 6.07) is 0. The highest BCUT2D eigenvalue weighted by Crippen LogP contribution is 2.26. The molecule has 1 aliphatic heterocycles. The SMILES string of the molecule is CCCn1ccnc1C(=O)C1CCSC1. The maximum atomic E-state index is 12.1. The topological polar surface area (TPSA) is 34.9 Å². The van der Waals surface area contributed by atoms with Crippen molar-refractivity contribution in [2.75, 3.05) is 11.5 Å². The first-order chi connectivity index (χ1) is 7.33. The number of rotatable bonds is 4. The minimum atomic E-state index is 0.202. The van der Waals surface area contributed by atoms with E-state index in [9.17, 15) is 4.79 Å². The molecule has 1 aromatic heterocycles. The third kappa shape index (κ3) is 2.25. The van der Waals surface area contributed by atoms with Crippen LogP contribution in [0.15, 0.2) is 12.4 Å². The maximum absolute atomic E-state index is 12.1. The van der Waals surface area contributed by atoms with Gasteiger partial charge in [0.25, 0.3) is 0 Å². The molecule has 0 amide bonds. The van der Waals surface area contributed by atoms with Crippen LogP contribution in [0.2, 0.25) is 0 Å². The van der Waals surface area contributed by atoms with Crippen molar-refractivity contribution >= 4 is 17.5 Å². The van der Waals surface area contributed by atoms with Crippen molar-refractivity contribution in [2.24, 2.45) is 5.92 Å².